The number of nitrogens with zero attached hydrogens (tertiary/aromatic N) is 1. The van der Waals surface area contributed by atoms with Crippen LogP contribution in [-0.2, 0) is 0 Å². The smallest absolute Gasteiger partial charge is 0.142 e. The molecular formula is C12H11ClN2OS. The standard InChI is InChI=1S/C12H11ClN2OS/c1-16-11-7-8(4-5-10(11)14)17-12-9(13)3-2-6-15-12/h2-7H,14H2,1H3. The van der Waals surface area contributed by atoms with Gasteiger partial charge >= 0.3 is 0 Å². The van der Waals surface area contributed by atoms with Crippen molar-refractivity contribution in [2.24, 2.45) is 0 Å². The molecule has 88 valence electrons. The number of hydrogen-bond donors (Lipinski definition) is 1. The predicted octanol–water partition coefficient (Wildman–Crippen LogP) is 3.48. The van der Waals surface area contributed by atoms with E-state index in [2.05, 4.69) is 4.98 Å². The fourth-order valence-electron chi connectivity index (χ4n) is 1.31. The summed E-state index contributed by atoms with van der Waals surface area (Å²) in [5, 5.41) is 1.40. The molecule has 0 saturated carbocycles. The number of hydrogen-bond acceptors (Lipinski definition) is 4. The van der Waals surface area contributed by atoms with Gasteiger partial charge in [-0.3, -0.25) is 0 Å². The number of anilines is 1. The van der Waals surface area contributed by atoms with E-state index in [1.165, 1.54) is 11.8 Å². The van der Waals surface area contributed by atoms with Crippen LogP contribution in [-0.4, -0.2) is 12.1 Å². The number of pyridine rings is 1. The molecule has 0 unspecified atom stereocenters. The van der Waals surface area contributed by atoms with Crippen molar-refractivity contribution in [2.45, 2.75) is 9.92 Å². The first kappa shape index (κ1) is 12.1. The van der Waals surface area contributed by atoms with Crippen molar-refractivity contribution in [3.8, 4) is 5.75 Å². The Morgan fingerprint density at radius 3 is 2.88 bits per heavy atom. The second-order valence-corrected chi connectivity index (χ2v) is 4.77. The second-order valence-electron chi connectivity index (χ2n) is 3.30. The molecule has 0 fully saturated rings. The van der Waals surface area contributed by atoms with E-state index in [0.29, 0.717) is 16.5 Å². The van der Waals surface area contributed by atoms with E-state index in [4.69, 9.17) is 22.1 Å². The fourth-order valence-corrected chi connectivity index (χ4v) is 2.35. The highest BCUT2D eigenvalue weighted by Gasteiger charge is 2.06. The van der Waals surface area contributed by atoms with Crippen LogP contribution in [0.1, 0.15) is 0 Å². The van der Waals surface area contributed by atoms with Crippen LogP contribution < -0.4 is 10.5 Å². The van der Waals surface area contributed by atoms with E-state index in [1.54, 1.807) is 25.4 Å². The highest BCUT2D eigenvalue weighted by molar-refractivity contribution is 7.99. The lowest BCUT2D eigenvalue weighted by atomic mass is 10.3. The van der Waals surface area contributed by atoms with Gasteiger partial charge in [0.2, 0.25) is 0 Å². The largest absolute Gasteiger partial charge is 0.495 e. The maximum Gasteiger partial charge on any atom is 0.142 e. The monoisotopic (exact) mass is 266 g/mol. The van der Waals surface area contributed by atoms with Gasteiger partial charge in [0.15, 0.2) is 0 Å². The van der Waals surface area contributed by atoms with Gasteiger partial charge in [0.25, 0.3) is 0 Å². The molecule has 5 heteroatoms. The number of halogens is 1. The number of benzene rings is 1. The summed E-state index contributed by atoms with van der Waals surface area (Å²) < 4.78 is 5.16. The van der Waals surface area contributed by atoms with Crippen LogP contribution in [0.2, 0.25) is 5.02 Å². The Morgan fingerprint density at radius 1 is 1.35 bits per heavy atom. The van der Waals surface area contributed by atoms with E-state index in [0.717, 1.165) is 9.92 Å². The molecule has 0 aliphatic rings. The molecule has 0 aliphatic carbocycles. The molecule has 0 aliphatic heterocycles. The topological polar surface area (TPSA) is 48.1 Å². The fraction of sp³-hybridized carbons (Fsp3) is 0.0833. The van der Waals surface area contributed by atoms with Crippen LogP contribution in [0.3, 0.4) is 0 Å². The molecule has 2 aromatic rings. The first-order valence-corrected chi connectivity index (χ1v) is 6.12. The molecule has 2 rings (SSSR count). The van der Waals surface area contributed by atoms with E-state index >= 15 is 0 Å². The Balaban J connectivity index is 2.28. The second kappa shape index (κ2) is 5.29. The Hall–Kier alpha value is -1.39. The van der Waals surface area contributed by atoms with E-state index in [1.807, 2.05) is 18.2 Å². The molecule has 2 N–H and O–H groups in total. The van der Waals surface area contributed by atoms with Gasteiger partial charge in [-0.15, -0.1) is 0 Å². The molecule has 1 aromatic carbocycles. The molecule has 1 aromatic heterocycles. The summed E-state index contributed by atoms with van der Waals surface area (Å²) in [6.07, 6.45) is 1.71. The Morgan fingerprint density at radius 2 is 2.18 bits per heavy atom. The minimum atomic E-state index is 0.615. The van der Waals surface area contributed by atoms with Crippen molar-refractivity contribution < 1.29 is 4.74 Å². The number of methoxy groups -OCH3 is 1. The van der Waals surface area contributed by atoms with Gasteiger partial charge in [-0.2, -0.15) is 0 Å². The van der Waals surface area contributed by atoms with Gasteiger partial charge in [0, 0.05) is 11.1 Å². The van der Waals surface area contributed by atoms with Crippen molar-refractivity contribution >= 4 is 29.1 Å². The molecule has 0 spiro atoms. The number of nitrogen functional groups attached to an aromatic ring is 1. The molecular weight excluding hydrogens is 256 g/mol. The number of aromatic nitrogens is 1. The van der Waals surface area contributed by atoms with Crippen molar-refractivity contribution in [2.75, 3.05) is 12.8 Å². The summed E-state index contributed by atoms with van der Waals surface area (Å²) in [5.74, 6) is 0.655. The van der Waals surface area contributed by atoms with Gasteiger partial charge in [0.05, 0.1) is 17.8 Å². The van der Waals surface area contributed by atoms with Crippen molar-refractivity contribution in [3.05, 3.63) is 41.6 Å². The van der Waals surface area contributed by atoms with Crippen LogP contribution in [0.25, 0.3) is 0 Å². The highest BCUT2D eigenvalue weighted by atomic mass is 35.5. The van der Waals surface area contributed by atoms with Crippen molar-refractivity contribution in [1.82, 2.24) is 4.98 Å². The van der Waals surface area contributed by atoms with Crippen LogP contribution in [0.15, 0.2) is 46.5 Å². The van der Waals surface area contributed by atoms with Crippen molar-refractivity contribution in [1.29, 1.82) is 0 Å². The molecule has 0 radical (unpaired) electrons. The van der Waals surface area contributed by atoms with Crippen LogP contribution in [0.4, 0.5) is 5.69 Å². The van der Waals surface area contributed by atoms with E-state index in [9.17, 15) is 0 Å². The van der Waals surface area contributed by atoms with Crippen LogP contribution >= 0.6 is 23.4 Å². The third-order valence-corrected chi connectivity index (χ3v) is 3.57. The average molecular weight is 267 g/mol. The third-order valence-electron chi connectivity index (χ3n) is 2.14. The zero-order chi connectivity index (χ0) is 12.3. The number of ether oxygens (including phenoxy) is 1. The lowest BCUT2D eigenvalue weighted by Crippen LogP contribution is -1.92. The molecule has 1 heterocycles. The molecule has 0 bridgehead atoms. The minimum Gasteiger partial charge on any atom is -0.495 e. The van der Waals surface area contributed by atoms with Crippen LogP contribution in [0.5, 0.6) is 5.75 Å². The maximum absolute atomic E-state index is 6.04. The number of rotatable bonds is 3. The normalized spacial score (nSPS) is 10.2. The van der Waals surface area contributed by atoms with Crippen molar-refractivity contribution in [3.63, 3.8) is 0 Å². The van der Waals surface area contributed by atoms with Gasteiger partial charge in [-0.05, 0) is 30.3 Å². The lowest BCUT2D eigenvalue weighted by Gasteiger charge is -2.07. The lowest BCUT2D eigenvalue weighted by molar-refractivity contribution is 0.416. The maximum atomic E-state index is 6.04. The molecule has 0 atom stereocenters. The summed E-state index contributed by atoms with van der Waals surface area (Å²) in [4.78, 5) is 5.19. The summed E-state index contributed by atoms with van der Waals surface area (Å²) in [5.41, 5.74) is 6.36. The zero-order valence-electron chi connectivity index (χ0n) is 9.18. The first-order valence-electron chi connectivity index (χ1n) is 4.92. The van der Waals surface area contributed by atoms with Crippen LogP contribution in [0, 0.1) is 0 Å². The quantitative estimate of drug-likeness (QED) is 0.864. The first-order chi connectivity index (χ1) is 8.20. The Kier molecular flexibility index (Phi) is 3.76. The van der Waals surface area contributed by atoms with Gasteiger partial charge in [0.1, 0.15) is 10.8 Å². The number of nitrogens with two attached hydrogens (primary N) is 1. The van der Waals surface area contributed by atoms with Gasteiger partial charge < -0.3 is 10.5 Å². The summed E-state index contributed by atoms with van der Waals surface area (Å²) in [6, 6.07) is 9.19. The minimum absolute atomic E-state index is 0.615. The highest BCUT2D eigenvalue weighted by Crippen LogP contribution is 2.34. The molecule has 0 saturated heterocycles. The molecule has 3 nitrogen and oxygen atoms in total. The summed E-state index contributed by atoms with van der Waals surface area (Å²) in [7, 11) is 1.59. The van der Waals surface area contributed by atoms with E-state index in [-0.39, 0.29) is 0 Å². The zero-order valence-corrected chi connectivity index (χ0v) is 10.8. The Bertz CT molecular complexity index is 534. The molecule has 17 heavy (non-hydrogen) atoms. The van der Waals surface area contributed by atoms with Gasteiger partial charge in [-0.1, -0.05) is 23.4 Å². The SMILES string of the molecule is COc1cc(Sc2ncccc2Cl)ccc1N. The average Bonchev–Trinajstić information content (AvgIpc) is 2.34. The third kappa shape index (κ3) is 2.84. The predicted molar refractivity (Wildman–Crippen MR) is 70.8 cm³/mol. The van der Waals surface area contributed by atoms with Gasteiger partial charge in [-0.25, -0.2) is 4.98 Å². The summed E-state index contributed by atoms with van der Waals surface area (Å²) in [6.45, 7) is 0. The molecule has 0 amide bonds. The summed E-state index contributed by atoms with van der Waals surface area (Å²) >= 11 is 7.51. The van der Waals surface area contributed by atoms with E-state index < -0.39 is 0 Å². The Labute approximate surface area is 109 Å².